The van der Waals surface area contributed by atoms with Crippen LogP contribution in [-0.4, -0.2) is 19.7 Å². The number of aromatic nitrogens is 4. The maximum absolute atomic E-state index is 11.6. The first-order valence-corrected chi connectivity index (χ1v) is 5.64. The van der Waals surface area contributed by atoms with Gasteiger partial charge in [-0.15, -0.1) is 0 Å². The van der Waals surface area contributed by atoms with Gasteiger partial charge in [-0.25, -0.2) is 4.98 Å². The lowest BCUT2D eigenvalue weighted by Crippen LogP contribution is -2.15. The van der Waals surface area contributed by atoms with Gasteiger partial charge in [0.25, 0.3) is 5.56 Å². The smallest absolute Gasteiger partial charge is 0.280 e. The highest BCUT2D eigenvalue weighted by Gasteiger charge is 2.09. The lowest BCUT2D eigenvalue weighted by atomic mass is 10.2. The molecule has 0 fully saturated rings. The molecule has 2 heterocycles. The summed E-state index contributed by atoms with van der Waals surface area (Å²) in [7, 11) is 0. The van der Waals surface area contributed by atoms with E-state index < -0.39 is 0 Å². The fourth-order valence-electron chi connectivity index (χ4n) is 1.72. The van der Waals surface area contributed by atoms with Gasteiger partial charge in [0.05, 0.1) is 0 Å². The Bertz CT molecular complexity index is 763. The summed E-state index contributed by atoms with van der Waals surface area (Å²) in [5.74, 6) is 0.0301. The van der Waals surface area contributed by atoms with Gasteiger partial charge in [-0.3, -0.25) is 9.78 Å². The van der Waals surface area contributed by atoms with Crippen LogP contribution in [0.2, 0.25) is 0 Å². The first-order chi connectivity index (χ1) is 9.24. The summed E-state index contributed by atoms with van der Waals surface area (Å²) in [6, 6.07) is 9.65. The highest BCUT2D eigenvalue weighted by atomic mass is 16.7. The maximum atomic E-state index is 11.6. The molecule has 0 aliphatic heterocycles. The van der Waals surface area contributed by atoms with Crippen LogP contribution in [0.3, 0.4) is 0 Å². The van der Waals surface area contributed by atoms with Crippen molar-refractivity contribution < 1.29 is 4.84 Å². The van der Waals surface area contributed by atoms with Crippen molar-refractivity contribution in [2.45, 2.75) is 6.61 Å². The lowest BCUT2D eigenvalue weighted by molar-refractivity contribution is 0.105. The van der Waals surface area contributed by atoms with Crippen molar-refractivity contribution in [3.63, 3.8) is 0 Å². The van der Waals surface area contributed by atoms with Crippen LogP contribution in [0.25, 0.3) is 11.2 Å². The number of nitrogens with one attached hydrogen (secondary N) is 1. The molecule has 0 bridgehead atoms. The zero-order chi connectivity index (χ0) is 13.2. The number of rotatable bonds is 3. The number of hydrogen-bond acceptors (Lipinski definition) is 5. The third kappa shape index (κ3) is 2.13. The third-order valence-electron chi connectivity index (χ3n) is 2.61. The summed E-state index contributed by atoms with van der Waals surface area (Å²) in [4.78, 5) is 27.5. The molecule has 0 aliphatic rings. The highest BCUT2D eigenvalue weighted by molar-refractivity contribution is 5.69. The molecule has 0 atom stereocenters. The Morgan fingerprint density at radius 3 is 2.89 bits per heavy atom. The average molecular weight is 257 g/mol. The van der Waals surface area contributed by atoms with Crippen LogP contribution in [0.15, 0.2) is 41.5 Å². The van der Waals surface area contributed by atoms with E-state index in [4.69, 9.17) is 10.6 Å². The van der Waals surface area contributed by atoms with Crippen LogP contribution in [0.4, 0.5) is 5.95 Å². The van der Waals surface area contributed by atoms with Crippen molar-refractivity contribution in [1.29, 1.82) is 0 Å². The molecule has 0 aliphatic carbocycles. The Balaban J connectivity index is 1.92. The largest absolute Gasteiger partial charge is 0.406 e. The van der Waals surface area contributed by atoms with Crippen molar-refractivity contribution in [3.05, 3.63) is 52.6 Å². The monoisotopic (exact) mass is 257 g/mol. The molecule has 19 heavy (non-hydrogen) atoms. The molecule has 0 radical (unpaired) electrons. The summed E-state index contributed by atoms with van der Waals surface area (Å²) in [5, 5.41) is 0. The Labute approximate surface area is 107 Å². The Hall–Kier alpha value is -2.83. The van der Waals surface area contributed by atoms with Gasteiger partial charge in [-0.05, 0) is 5.56 Å². The molecule has 2 aromatic heterocycles. The van der Waals surface area contributed by atoms with Crippen LogP contribution in [-0.2, 0) is 6.61 Å². The van der Waals surface area contributed by atoms with Crippen molar-refractivity contribution >= 4 is 17.1 Å². The Kier molecular flexibility index (Phi) is 2.64. The predicted octanol–water partition coefficient (Wildman–Crippen LogP) is 0.331. The summed E-state index contributed by atoms with van der Waals surface area (Å²) in [6.07, 6.45) is 1.40. The molecule has 7 nitrogen and oxygen atoms in total. The fraction of sp³-hybridized carbons (Fsp3) is 0.0833. The second-order valence-corrected chi connectivity index (χ2v) is 3.95. The van der Waals surface area contributed by atoms with E-state index in [0.717, 1.165) is 5.56 Å². The van der Waals surface area contributed by atoms with Crippen LogP contribution < -0.4 is 16.1 Å². The predicted molar refractivity (Wildman–Crippen MR) is 69.3 cm³/mol. The lowest BCUT2D eigenvalue weighted by Gasteiger charge is -2.06. The number of fused-ring (bicyclic) bond motifs is 1. The summed E-state index contributed by atoms with van der Waals surface area (Å²) in [5.41, 5.74) is 6.61. The van der Waals surface area contributed by atoms with Gasteiger partial charge >= 0.3 is 0 Å². The molecule has 3 rings (SSSR count). The second kappa shape index (κ2) is 4.45. The van der Waals surface area contributed by atoms with Crippen molar-refractivity contribution in [2.75, 3.05) is 5.73 Å². The number of aromatic amines is 1. The van der Waals surface area contributed by atoms with Crippen LogP contribution in [0.5, 0.6) is 0 Å². The van der Waals surface area contributed by atoms with Crippen molar-refractivity contribution in [1.82, 2.24) is 19.7 Å². The van der Waals surface area contributed by atoms with Crippen LogP contribution in [0, 0.1) is 0 Å². The quantitative estimate of drug-likeness (QED) is 0.704. The molecule has 0 spiro atoms. The average Bonchev–Trinajstić information content (AvgIpc) is 2.81. The van der Waals surface area contributed by atoms with Gasteiger partial charge < -0.3 is 10.6 Å². The van der Waals surface area contributed by atoms with E-state index in [1.807, 2.05) is 30.3 Å². The van der Waals surface area contributed by atoms with E-state index in [1.165, 1.54) is 11.1 Å². The number of nitrogen functional groups attached to an aromatic ring is 1. The normalized spacial score (nSPS) is 10.7. The van der Waals surface area contributed by atoms with Gasteiger partial charge in [-0.1, -0.05) is 30.3 Å². The van der Waals surface area contributed by atoms with E-state index in [-0.39, 0.29) is 17.0 Å². The number of imidazole rings is 1. The minimum atomic E-state index is -0.385. The highest BCUT2D eigenvalue weighted by Crippen LogP contribution is 2.06. The Morgan fingerprint density at radius 2 is 2.11 bits per heavy atom. The molecular formula is C12H11N5O2. The first kappa shape index (κ1) is 11.3. The zero-order valence-corrected chi connectivity index (χ0v) is 9.91. The van der Waals surface area contributed by atoms with Crippen molar-refractivity contribution in [2.24, 2.45) is 0 Å². The minimum absolute atomic E-state index is 0.0301. The molecule has 96 valence electrons. The SMILES string of the molecule is Nc1nc2c(ncn2OCc2ccccc2)c(=O)[nH]1. The van der Waals surface area contributed by atoms with Gasteiger partial charge in [0.15, 0.2) is 5.52 Å². The summed E-state index contributed by atoms with van der Waals surface area (Å²) >= 11 is 0. The van der Waals surface area contributed by atoms with E-state index >= 15 is 0 Å². The standard InChI is InChI=1S/C12H11N5O2/c13-12-15-10-9(11(18)16-12)14-7-17(10)19-6-8-4-2-1-3-5-8/h1-5,7H,6H2,(H3,13,15,16,18). The van der Waals surface area contributed by atoms with E-state index in [9.17, 15) is 4.79 Å². The van der Waals surface area contributed by atoms with Crippen LogP contribution >= 0.6 is 0 Å². The second-order valence-electron chi connectivity index (χ2n) is 3.95. The number of benzene rings is 1. The molecule has 7 heteroatoms. The zero-order valence-electron chi connectivity index (χ0n) is 9.91. The number of anilines is 1. The summed E-state index contributed by atoms with van der Waals surface area (Å²) in [6.45, 7) is 0.348. The number of nitrogens with two attached hydrogens (primary N) is 1. The first-order valence-electron chi connectivity index (χ1n) is 5.64. The van der Waals surface area contributed by atoms with Gasteiger partial charge in [0.2, 0.25) is 11.6 Å². The van der Waals surface area contributed by atoms with Gasteiger partial charge in [0, 0.05) is 0 Å². The molecule has 0 saturated heterocycles. The van der Waals surface area contributed by atoms with E-state index in [0.29, 0.717) is 12.3 Å². The molecule has 1 aromatic carbocycles. The summed E-state index contributed by atoms with van der Waals surface area (Å²) < 4.78 is 1.34. The Morgan fingerprint density at radius 1 is 1.32 bits per heavy atom. The van der Waals surface area contributed by atoms with Gasteiger partial charge in [-0.2, -0.15) is 9.71 Å². The third-order valence-corrected chi connectivity index (χ3v) is 2.61. The number of hydrogen-bond donors (Lipinski definition) is 2. The topological polar surface area (TPSA) is 98.8 Å². The number of H-pyrrole nitrogens is 1. The number of nitrogens with zero attached hydrogens (tertiary/aromatic N) is 3. The van der Waals surface area contributed by atoms with E-state index in [1.54, 1.807) is 0 Å². The molecule has 3 aromatic rings. The van der Waals surface area contributed by atoms with E-state index in [2.05, 4.69) is 15.0 Å². The molecule has 3 N–H and O–H groups in total. The fourth-order valence-corrected chi connectivity index (χ4v) is 1.72. The van der Waals surface area contributed by atoms with Gasteiger partial charge in [0.1, 0.15) is 12.9 Å². The maximum Gasteiger partial charge on any atom is 0.280 e. The molecule has 0 saturated carbocycles. The minimum Gasteiger partial charge on any atom is -0.406 e. The molecular weight excluding hydrogens is 246 g/mol. The van der Waals surface area contributed by atoms with Crippen LogP contribution in [0.1, 0.15) is 5.56 Å². The molecule has 0 amide bonds. The van der Waals surface area contributed by atoms with Crippen molar-refractivity contribution in [3.8, 4) is 0 Å². The molecule has 0 unspecified atom stereocenters.